The largest absolute Gasteiger partial charge is 0.208 e. The van der Waals surface area contributed by atoms with Crippen LogP contribution in [0.5, 0.6) is 0 Å². The van der Waals surface area contributed by atoms with Crippen molar-refractivity contribution < 1.29 is 0 Å². The maximum Gasteiger partial charge on any atom is 0.164 e. The zero-order chi connectivity index (χ0) is 29.3. The first-order chi connectivity index (χ1) is 20.8. The molecule has 0 saturated heterocycles. The second-order valence-corrected chi connectivity index (χ2v) is 13.6. The summed E-state index contributed by atoms with van der Waals surface area (Å²) in [4.78, 5) is 14.8. The molecule has 0 N–H and O–H groups in total. The molecular weight excluding hydrogens is 543 g/mol. The smallest absolute Gasteiger partial charge is 0.164 e. The predicted octanol–water partition coefficient (Wildman–Crippen LogP) is 10.5. The minimum absolute atomic E-state index is 0.0136. The fourth-order valence-electron chi connectivity index (χ4n) is 6.58. The lowest BCUT2D eigenvalue weighted by Crippen LogP contribution is -2.43. The Labute approximate surface area is 256 Å². The van der Waals surface area contributed by atoms with Crippen molar-refractivity contribution >= 4 is 31.5 Å². The van der Waals surface area contributed by atoms with Gasteiger partial charge in [0.15, 0.2) is 17.5 Å². The highest BCUT2D eigenvalue weighted by molar-refractivity contribution is 7.25. The van der Waals surface area contributed by atoms with Gasteiger partial charge in [-0.15, -0.1) is 11.3 Å². The van der Waals surface area contributed by atoms with Gasteiger partial charge in [-0.1, -0.05) is 113 Å². The van der Waals surface area contributed by atoms with Crippen molar-refractivity contribution in [3.05, 3.63) is 126 Å². The highest BCUT2D eigenvalue weighted by Crippen LogP contribution is 2.55. The Hall–Kier alpha value is -4.67. The minimum Gasteiger partial charge on any atom is -0.208 e. The van der Waals surface area contributed by atoms with Crippen molar-refractivity contribution in [1.82, 2.24) is 15.0 Å². The summed E-state index contributed by atoms with van der Waals surface area (Å²) in [5.41, 5.74) is 8.46. The van der Waals surface area contributed by atoms with Crippen LogP contribution < -0.4 is 0 Å². The second kappa shape index (κ2) is 9.42. The molecule has 43 heavy (non-hydrogen) atoms. The number of rotatable bonds is 3. The molecule has 4 heteroatoms. The third kappa shape index (κ3) is 3.97. The molecule has 1 aliphatic carbocycles. The highest BCUT2D eigenvalue weighted by Gasteiger charge is 2.45. The van der Waals surface area contributed by atoms with E-state index in [1.807, 2.05) is 72.0 Å². The van der Waals surface area contributed by atoms with Crippen molar-refractivity contribution in [3.63, 3.8) is 0 Å². The summed E-state index contributed by atoms with van der Waals surface area (Å²) in [7, 11) is 0. The molecule has 0 unspecified atom stereocenters. The summed E-state index contributed by atoms with van der Waals surface area (Å²) in [6.45, 7) is 9.57. The van der Waals surface area contributed by atoms with Gasteiger partial charge in [-0.3, -0.25) is 0 Å². The number of hydrogen-bond donors (Lipinski definition) is 0. The van der Waals surface area contributed by atoms with E-state index in [4.69, 9.17) is 15.0 Å². The Kier molecular flexibility index (Phi) is 5.69. The number of fused-ring (bicyclic) bond motifs is 6. The first-order valence-corrected chi connectivity index (χ1v) is 15.6. The average Bonchev–Trinajstić information content (AvgIpc) is 3.41. The van der Waals surface area contributed by atoms with Crippen LogP contribution in [0.4, 0.5) is 0 Å². The van der Waals surface area contributed by atoms with Crippen LogP contribution in [0.1, 0.15) is 38.8 Å². The molecule has 5 aromatic carbocycles. The minimum atomic E-state index is -0.0151. The van der Waals surface area contributed by atoms with Crippen LogP contribution in [-0.2, 0) is 10.8 Å². The fourth-order valence-corrected chi connectivity index (χ4v) is 7.68. The van der Waals surface area contributed by atoms with Gasteiger partial charge >= 0.3 is 0 Å². The standard InChI is InChI=1S/C39H31N3S/c1-38(2)31-18-12-11-17-27(31)28-22-30-29-21-26(19-20-33(29)43-34(30)23-32(28)39(38,3)4)37-41-35(24-13-7-5-8-14-24)40-36(42-37)25-15-9-6-10-16-25/h5-23H,1-4H3. The van der Waals surface area contributed by atoms with E-state index in [-0.39, 0.29) is 10.8 Å². The highest BCUT2D eigenvalue weighted by atomic mass is 32.1. The van der Waals surface area contributed by atoms with Crippen molar-refractivity contribution in [2.24, 2.45) is 0 Å². The molecule has 0 spiro atoms. The van der Waals surface area contributed by atoms with Crippen molar-refractivity contribution in [2.75, 3.05) is 0 Å². The fraction of sp³-hybridized carbons (Fsp3) is 0.154. The molecule has 2 heterocycles. The van der Waals surface area contributed by atoms with Crippen LogP contribution in [0.3, 0.4) is 0 Å². The summed E-state index contributed by atoms with van der Waals surface area (Å²) < 4.78 is 2.59. The van der Waals surface area contributed by atoms with Gasteiger partial charge in [0.05, 0.1) is 0 Å². The van der Waals surface area contributed by atoms with Crippen LogP contribution in [-0.4, -0.2) is 15.0 Å². The summed E-state index contributed by atoms with van der Waals surface area (Å²) in [6, 6.07) is 40.8. The maximum absolute atomic E-state index is 4.99. The average molecular weight is 574 g/mol. The van der Waals surface area contributed by atoms with E-state index in [1.54, 1.807) is 0 Å². The van der Waals surface area contributed by atoms with E-state index < -0.39 is 0 Å². The molecule has 0 aliphatic heterocycles. The lowest BCUT2D eigenvalue weighted by molar-refractivity contribution is 0.299. The van der Waals surface area contributed by atoms with Crippen LogP contribution in [0.15, 0.2) is 115 Å². The number of benzene rings is 5. The van der Waals surface area contributed by atoms with Crippen LogP contribution >= 0.6 is 11.3 Å². The molecule has 0 bridgehead atoms. The van der Waals surface area contributed by atoms with Crippen LogP contribution in [0.25, 0.3) is 65.5 Å². The third-order valence-corrected chi connectivity index (χ3v) is 10.8. The molecule has 0 saturated carbocycles. The van der Waals surface area contributed by atoms with Gasteiger partial charge in [0.1, 0.15) is 0 Å². The lowest BCUT2D eigenvalue weighted by Gasteiger charge is -2.48. The number of thiophene rings is 1. The molecule has 2 aromatic heterocycles. The van der Waals surface area contributed by atoms with Gasteiger partial charge in [-0.25, -0.2) is 15.0 Å². The quantitative estimate of drug-likeness (QED) is 0.211. The van der Waals surface area contributed by atoms with E-state index in [2.05, 4.69) is 82.3 Å². The van der Waals surface area contributed by atoms with Crippen LogP contribution in [0.2, 0.25) is 0 Å². The summed E-state index contributed by atoms with van der Waals surface area (Å²) in [5, 5.41) is 2.52. The molecule has 1 aliphatic rings. The Morgan fingerprint density at radius 2 is 0.977 bits per heavy atom. The first kappa shape index (κ1) is 26.0. The molecule has 0 fully saturated rings. The van der Waals surface area contributed by atoms with E-state index >= 15 is 0 Å². The summed E-state index contributed by atoms with van der Waals surface area (Å²) >= 11 is 1.87. The van der Waals surface area contributed by atoms with Gasteiger partial charge < -0.3 is 0 Å². The Morgan fingerprint density at radius 1 is 0.442 bits per heavy atom. The molecule has 208 valence electrons. The maximum atomic E-state index is 4.99. The van der Waals surface area contributed by atoms with Crippen molar-refractivity contribution in [3.8, 4) is 45.3 Å². The molecule has 0 atom stereocenters. The normalized spacial score (nSPS) is 14.9. The Morgan fingerprint density at radius 3 is 1.63 bits per heavy atom. The summed E-state index contributed by atoms with van der Waals surface area (Å²) in [6.07, 6.45) is 0. The molecule has 0 radical (unpaired) electrons. The van der Waals surface area contributed by atoms with Gasteiger partial charge in [-0.2, -0.15) is 0 Å². The monoisotopic (exact) mass is 573 g/mol. The topological polar surface area (TPSA) is 38.7 Å². The van der Waals surface area contributed by atoms with Crippen LogP contribution in [0, 0.1) is 0 Å². The lowest BCUT2D eigenvalue weighted by atomic mass is 9.55. The van der Waals surface area contributed by atoms with Gasteiger partial charge in [0, 0.05) is 36.9 Å². The number of aromatic nitrogens is 3. The molecule has 7 aromatic rings. The van der Waals surface area contributed by atoms with Gasteiger partial charge in [-0.05, 0) is 63.4 Å². The van der Waals surface area contributed by atoms with Gasteiger partial charge in [0.2, 0.25) is 0 Å². The molecule has 3 nitrogen and oxygen atoms in total. The Balaban J connectivity index is 1.34. The van der Waals surface area contributed by atoms with Crippen molar-refractivity contribution in [2.45, 2.75) is 38.5 Å². The number of hydrogen-bond acceptors (Lipinski definition) is 4. The predicted molar refractivity (Wildman–Crippen MR) is 181 cm³/mol. The van der Waals surface area contributed by atoms with Gasteiger partial charge in [0.25, 0.3) is 0 Å². The van der Waals surface area contributed by atoms with E-state index in [1.165, 1.54) is 42.4 Å². The molecular formula is C39H31N3S. The molecule has 8 rings (SSSR count). The van der Waals surface area contributed by atoms with Crippen molar-refractivity contribution in [1.29, 1.82) is 0 Å². The van der Waals surface area contributed by atoms with E-state index in [0.29, 0.717) is 17.5 Å². The number of nitrogens with zero attached hydrogens (tertiary/aromatic N) is 3. The van der Waals surface area contributed by atoms with E-state index in [0.717, 1.165) is 16.7 Å². The first-order valence-electron chi connectivity index (χ1n) is 14.8. The zero-order valence-corrected chi connectivity index (χ0v) is 25.5. The molecule has 0 amide bonds. The zero-order valence-electron chi connectivity index (χ0n) is 24.7. The second-order valence-electron chi connectivity index (χ2n) is 12.5. The Bertz CT molecular complexity index is 2120. The SMILES string of the molecule is CC1(C)c2ccccc2-c2cc3c(cc2C1(C)C)sc1ccc(-c2nc(-c4ccccc4)nc(-c4ccccc4)n2)cc13. The van der Waals surface area contributed by atoms with E-state index in [9.17, 15) is 0 Å². The third-order valence-electron chi connectivity index (χ3n) is 9.69. The summed E-state index contributed by atoms with van der Waals surface area (Å²) in [5.74, 6) is 2.03.